The molecule has 0 fully saturated rings. The van der Waals surface area contributed by atoms with E-state index in [0.717, 1.165) is 5.56 Å². The monoisotopic (exact) mass is 406 g/mol. The molecule has 1 atom stereocenters. The van der Waals surface area contributed by atoms with Gasteiger partial charge in [0.05, 0.1) is 10.9 Å². The molecule has 0 aliphatic heterocycles. The molecule has 0 saturated carbocycles. The number of amides is 1. The van der Waals surface area contributed by atoms with Gasteiger partial charge in [0.25, 0.3) is 5.91 Å². The molecule has 0 spiro atoms. The lowest BCUT2D eigenvalue weighted by Crippen LogP contribution is -2.32. The van der Waals surface area contributed by atoms with Crippen molar-refractivity contribution in [1.29, 1.82) is 0 Å². The van der Waals surface area contributed by atoms with Crippen LogP contribution in [0.5, 0.6) is 0 Å². The summed E-state index contributed by atoms with van der Waals surface area (Å²) in [6, 6.07) is 10.4. The third kappa shape index (κ3) is 4.42. The highest BCUT2D eigenvalue weighted by Crippen LogP contribution is 2.25. The minimum Gasteiger partial charge on any atom is -0.335 e. The quantitative estimate of drug-likeness (QED) is 0.698. The first-order valence-corrected chi connectivity index (χ1v) is 10.7. The lowest BCUT2D eigenvalue weighted by atomic mass is 10.1. The minimum absolute atomic E-state index is 0.143. The van der Waals surface area contributed by atoms with Gasteiger partial charge in [0.1, 0.15) is 5.82 Å². The Labute approximate surface area is 166 Å². The Hall–Kier alpha value is -2.25. The maximum Gasteiger partial charge on any atom is 0.254 e. The van der Waals surface area contributed by atoms with Crippen LogP contribution < -0.4 is 0 Å². The second kappa shape index (κ2) is 8.84. The molecule has 2 rings (SSSR count). The van der Waals surface area contributed by atoms with Crippen LogP contribution in [0.25, 0.3) is 0 Å². The van der Waals surface area contributed by atoms with Crippen molar-refractivity contribution in [3.05, 3.63) is 65.0 Å². The Bertz CT molecular complexity index is 939. The van der Waals surface area contributed by atoms with Gasteiger partial charge < -0.3 is 4.90 Å². The number of halogens is 1. The second-order valence-electron chi connectivity index (χ2n) is 6.71. The zero-order valence-electron chi connectivity index (χ0n) is 16.9. The van der Waals surface area contributed by atoms with Crippen LogP contribution in [0.2, 0.25) is 0 Å². The molecular weight excluding hydrogens is 379 g/mol. The molecule has 0 radical (unpaired) electrons. The first-order chi connectivity index (χ1) is 13.1. The molecule has 0 aromatic heterocycles. The zero-order chi connectivity index (χ0) is 21.1. The third-order valence-corrected chi connectivity index (χ3v) is 7.20. The van der Waals surface area contributed by atoms with Crippen LogP contribution in [0, 0.1) is 12.7 Å². The van der Waals surface area contributed by atoms with Gasteiger partial charge in [0.2, 0.25) is 10.0 Å². The lowest BCUT2D eigenvalue weighted by Gasteiger charge is -2.26. The van der Waals surface area contributed by atoms with Crippen LogP contribution in [-0.2, 0) is 10.0 Å². The van der Waals surface area contributed by atoms with Gasteiger partial charge in [-0.25, -0.2) is 12.8 Å². The van der Waals surface area contributed by atoms with Gasteiger partial charge in [-0.3, -0.25) is 4.79 Å². The number of rotatable bonds is 7. The standard InChI is InChI=1S/C21H27FN2O3S/c1-6-24(7-2)28(26,27)20-14-18(9-8-15(20)3)21(25)23(5)16(4)17-10-12-19(22)13-11-17/h8-14,16H,6-7H2,1-5H3/t16-/m1/s1. The molecule has 0 heterocycles. The summed E-state index contributed by atoms with van der Waals surface area (Å²) < 4.78 is 40.3. The van der Waals surface area contributed by atoms with Crippen molar-refractivity contribution in [2.45, 2.75) is 38.6 Å². The molecule has 2 aromatic rings. The normalized spacial score (nSPS) is 12.8. The fourth-order valence-corrected chi connectivity index (χ4v) is 4.77. The molecule has 0 aliphatic carbocycles. The molecule has 0 N–H and O–H groups in total. The molecule has 0 saturated heterocycles. The predicted octanol–water partition coefficient (Wildman–Crippen LogP) is 4.00. The molecule has 28 heavy (non-hydrogen) atoms. The Morgan fingerprint density at radius 1 is 1.07 bits per heavy atom. The van der Waals surface area contributed by atoms with Crippen molar-refractivity contribution >= 4 is 15.9 Å². The van der Waals surface area contributed by atoms with E-state index in [2.05, 4.69) is 0 Å². The van der Waals surface area contributed by atoms with E-state index in [1.807, 2.05) is 6.92 Å². The number of nitrogens with zero attached hydrogens (tertiary/aromatic N) is 2. The van der Waals surface area contributed by atoms with Crippen molar-refractivity contribution < 1.29 is 17.6 Å². The summed E-state index contributed by atoms with van der Waals surface area (Å²) >= 11 is 0. The number of aryl methyl sites for hydroxylation is 1. The van der Waals surface area contributed by atoms with Gasteiger partial charge in [0, 0.05) is 25.7 Å². The maximum absolute atomic E-state index is 13.2. The summed E-state index contributed by atoms with van der Waals surface area (Å²) in [5.41, 5.74) is 1.69. The van der Waals surface area contributed by atoms with E-state index in [4.69, 9.17) is 0 Å². The summed E-state index contributed by atoms with van der Waals surface area (Å²) in [6.45, 7) is 7.84. The van der Waals surface area contributed by atoms with E-state index >= 15 is 0 Å². The van der Waals surface area contributed by atoms with E-state index in [1.54, 1.807) is 52.1 Å². The molecule has 152 valence electrons. The highest BCUT2D eigenvalue weighted by atomic mass is 32.2. The first kappa shape index (κ1) is 22.0. The number of carbonyl (C=O) groups is 1. The average molecular weight is 407 g/mol. The number of benzene rings is 2. The molecule has 0 bridgehead atoms. The van der Waals surface area contributed by atoms with E-state index in [0.29, 0.717) is 24.2 Å². The van der Waals surface area contributed by atoms with E-state index in [1.165, 1.54) is 27.4 Å². The van der Waals surface area contributed by atoms with E-state index in [9.17, 15) is 17.6 Å². The highest BCUT2D eigenvalue weighted by molar-refractivity contribution is 7.89. The zero-order valence-corrected chi connectivity index (χ0v) is 17.8. The summed E-state index contributed by atoms with van der Waals surface area (Å²) in [5, 5.41) is 0. The molecule has 1 amide bonds. The van der Waals surface area contributed by atoms with Gasteiger partial charge in [-0.1, -0.05) is 32.0 Å². The summed E-state index contributed by atoms with van der Waals surface area (Å²) in [4.78, 5) is 14.6. The molecule has 5 nitrogen and oxygen atoms in total. The van der Waals surface area contributed by atoms with Gasteiger partial charge in [-0.05, 0) is 49.2 Å². The number of carbonyl (C=O) groups excluding carboxylic acids is 1. The van der Waals surface area contributed by atoms with Crippen molar-refractivity contribution in [3.63, 3.8) is 0 Å². The summed E-state index contributed by atoms with van der Waals surface area (Å²) in [7, 11) is -2.02. The van der Waals surface area contributed by atoms with Crippen molar-refractivity contribution in [2.75, 3.05) is 20.1 Å². The molecule has 0 unspecified atom stereocenters. The van der Waals surface area contributed by atoms with Crippen molar-refractivity contribution in [3.8, 4) is 0 Å². The summed E-state index contributed by atoms with van der Waals surface area (Å²) in [6.07, 6.45) is 0. The largest absolute Gasteiger partial charge is 0.335 e. The molecule has 0 aliphatic rings. The Kier molecular flexibility index (Phi) is 6.96. The lowest BCUT2D eigenvalue weighted by molar-refractivity contribution is 0.0742. The average Bonchev–Trinajstić information content (AvgIpc) is 2.67. The maximum atomic E-state index is 13.2. The highest BCUT2D eigenvalue weighted by Gasteiger charge is 2.26. The predicted molar refractivity (Wildman–Crippen MR) is 108 cm³/mol. The van der Waals surface area contributed by atoms with E-state index < -0.39 is 10.0 Å². The fraction of sp³-hybridized carbons (Fsp3) is 0.381. The molecule has 7 heteroatoms. The summed E-state index contributed by atoms with van der Waals surface area (Å²) in [5.74, 6) is -0.637. The van der Waals surface area contributed by atoms with Crippen LogP contribution >= 0.6 is 0 Å². The smallest absolute Gasteiger partial charge is 0.254 e. The van der Waals surface area contributed by atoms with Crippen LogP contribution in [0.4, 0.5) is 4.39 Å². The van der Waals surface area contributed by atoms with Crippen LogP contribution in [0.3, 0.4) is 0 Å². The number of hydrogen-bond acceptors (Lipinski definition) is 3. The molecular formula is C21H27FN2O3S. The van der Waals surface area contributed by atoms with Crippen molar-refractivity contribution in [2.24, 2.45) is 0 Å². The minimum atomic E-state index is -3.67. The molecule has 2 aromatic carbocycles. The van der Waals surface area contributed by atoms with Gasteiger partial charge in [-0.15, -0.1) is 0 Å². The van der Waals surface area contributed by atoms with Crippen LogP contribution in [0.1, 0.15) is 48.3 Å². The Morgan fingerprint density at radius 3 is 2.18 bits per heavy atom. The Balaban J connectivity index is 2.37. The Morgan fingerprint density at radius 2 is 1.64 bits per heavy atom. The van der Waals surface area contributed by atoms with Crippen LogP contribution in [0.15, 0.2) is 47.4 Å². The SMILES string of the molecule is CCN(CC)S(=O)(=O)c1cc(C(=O)N(C)[C@H](C)c2ccc(F)cc2)ccc1C. The fourth-order valence-electron chi connectivity index (χ4n) is 3.06. The van der Waals surface area contributed by atoms with Gasteiger partial charge in [-0.2, -0.15) is 4.31 Å². The van der Waals surface area contributed by atoms with Crippen LogP contribution in [-0.4, -0.2) is 43.7 Å². The van der Waals surface area contributed by atoms with E-state index in [-0.39, 0.29) is 22.7 Å². The number of hydrogen-bond donors (Lipinski definition) is 0. The van der Waals surface area contributed by atoms with Crippen molar-refractivity contribution in [1.82, 2.24) is 9.21 Å². The van der Waals surface area contributed by atoms with Gasteiger partial charge in [0.15, 0.2) is 0 Å². The number of sulfonamides is 1. The topological polar surface area (TPSA) is 57.7 Å². The second-order valence-corrected chi connectivity index (χ2v) is 8.62. The third-order valence-electron chi connectivity index (χ3n) is 5.01. The first-order valence-electron chi connectivity index (χ1n) is 9.26. The van der Waals surface area contributed by atoms with Gasteiger partial charge >= 0.3 is 0 Å².